The summed E-state index contributed by atoms with van der Waals surface area (Å²) in [6.45, 7) is 3.60. The van der Waals surface area contributed by atoms with E-state index in [4.69, 9.17) is 5.73 Å². The number of aryl methyl sites for hydroxylation is 1. The number of carbonyl (C=O) groups is 1. The molecule has 0 saturated carbocycles. The summed E-state index contributed by atoms with van der Waals surface area (Å²) in [7, 11) is 0. The van der Waals surface area contributed by atoms with Crippen LogP contribution in [0, 0.1) is 12.7 Å². The molecule has 1 aromatic carbocycles. The van der Waals surface area contributed by atoms with Crippen LogP contribution < -0.4 is 11.1 Å². The van der Waals surface area contributed by atoms with Gasteiger partial charge in [0.25, 0.3) is 0 Å². The zero-order valence-corrected chi connectivity index (χ0v) is 10.1. The van der Waals surface area contributed by atoms with Gasteiger partial charge in [-0.15, -0.1) is 12.4 Å². The molecule has 0 unspecified atom stereocenters. The van der Waals surface area contributed by atoms with E-state index in [2.05, 4.69) is 5.32 Å². The number of hydrogen-bond acceptors (Lipinski definition) is 2. The number of nitrogens with one attached hydrogen (secondary N) is 1. The predicted molar refractivity (Wildman–Crippen MR) is 63.9 cm³/mol. The fourth-order valence-electron chi connectivity index (χ4n) is 1.10. The Morgan fingerprint density at radius 2 is 2.19 bits per heavy atom. The number of benzene rings is 1. The number of rotatable bonds is 3. The Morgan fingerprint density at radius 1 is 1.56 bits per heavy atom. The Hall–Kier alpha value is -1.13. The third kappa shape index (κ3) is 4.16. The molecule has 0 fully saturated rings. The molecular formula is C11H16ClFN2O. The number of halogens is 2. The van der Waals surface area contributed by atoms with E-state index in [-0.39, 0.29) is 24.1 Å². The van der Waals surface area contributed by atoms with E-state index in [0.717, 1.165) is 5.56 Å². The number of nitrogens with two attached hydrogens (primary N) is 1. The van der Waals surface area contributed by atoms with Gasteiger partial charge in [0, 0.05) is 6.54 Å². The molecule has 1 rings (SSSR count). The smallest absolute Gasteiger partial charge is 0.236 e. The van der Waals surface area contributed by atoms with Crippen LogP contribution in [0.1, 0.15) is 18.1 Å². The standard InChI is InChI=1S/C11H15FN2O.ClH/c1-7-3-4-9(5-10(7)12)6-14-11(15)8(2)13;/h3-5,8H,6,13H2,1-2H3,(H,14,15);1H/t8-;/m1./s1. The molecule has 0 aliphatic carbocycles. The molecule has 0 aromatic heterocycles. The topological polar surface area (TPSA) is 55.1 Å². The Bertz CT molecular complexity index is 369. The van der Waals surface area contributed by atoms with Gasteiger partial charge in [-0.1, -0.05) is 12.1 Å². The van der Waals surface area contributed by atoms with Crippen LogP contribution in [0.4, 0.5) is 4.39 Å². The van der Waals surface area contributed by atoms with Gasteiger partial charge < -0.3 is 11.1 Å². The predicted octanol–water partition coefficient (Wildman–Crippen LogP) is 1.52. The fourth-order valence-corrected chi connectivity index (χ4v) is 1.10. The highest BCUT2D eigenvalue weighted by Crippen LogP contribution is 2.08. The summed E-state index contributed by atoms with van der Waals surface area (Å²) in [5.74, 6) is -0.501. The maximum absolute atomic E-state index is 13.1. The lowest BCUT2D eigenvalue weighted by Crippen LogP contribution is -2.37. The molecule has 1 aromatic rings. The van der Waals surface area contributed by atoms with Gasteiger partial charge in [-0.2, -0.15) is 0 Å². The fraction of sp³-hybridized carbons (Fsp3) is 0.364. The van der Waals surface area contributed by atoms with E-state index in [1.807, 2.05) is 0 Å². The molecule has 1 amide bonds. The molecule has 1 atom stereocenters. The molecule has 16 heavy (non-hydrogen) atoms. The van der Waals surface area contributed by atoms with E-state index in [1.165, 1.54) is 6.07 Å². The van der Waals surface area contributed by atoms with Crippen LogP contribution in [0.5, 0.6) is 0 Å². The second-order valence-corrected chi connectivity index (χ2v) is 3.59. The van der Waals surface area contributed by atoms with E-state index in [1.54, 1.807) is 26.0 Å². The molecular weight excluding hydrogens is 231 g/mol. The van der Waals surface area contributed by atoms with E-state index < -0.39 is 6.04 Å². The van der Waals surface area contributed by atoms with Crippen LogP contribution >= 0.6 is 12.4 Å². The quantitative estimate of drug-likeness (QED) is 0.850. The van der Waals surface area contributed by atoms with Crippen LogP contribution in [-0.2, 0) is 11.3 Å². The molecule has 3 N–H and O–H groups in total. The molecule has 0 bridgehead atoms. The maximum Gasteiger partial charge on any atom is 0.236 e. The van der Waals surface area contributed by atoms with Crippen LogP contribution in [0.2, 0.25) is 0 Å². The third-order valence-corrected chi connectivity index (χ3v) is 2.12. The summed E-state index contributed by atoms with van der Waals surface area (Å²) in [5, 5.41) is 2.61. The summed E-state index contributed by atoms with van der Waals surface area (Å²) >= 11 is 0. The van der Waals surface area contributed by atoms with Gasteiger partial charge in [0.1, 0.15) is 5.82 Å². The average molecular weight is 247 g/mol. The zero-order chi connectivity index (χ0) is 11.4. The first kappa shape index (κ1) is 14.9. The second-order valence-electron chi connectivity index (χ2n) is 3.59. The number of hydrogen-bond donors (Lipinski definition) is 2. The van der Waals surface area contributed by atoms with E-state index in [9.17, 15) is 9.18 Å². The number of carbonyl (C=O) groups excluding carboxylic acids is 1. The number of amides is 1. The molecule has 0 spiro atoms. The maximum atomic E-state index is 13.1. The van der Waals surface area contributed by atoms with Crippen molar-refractivity contribution in [2.24, 2.45) is 5.73 Å². The first-order valence-electron chi connectivity index (χ1n) is 4.79. The van der Waals surface area contributed by atoms with Crippen molar-refractivity contribution in [3.8, 4) is 0 Å². The Labute approximate surface area is 101 Å². The van der Waals surface area contributed by atoms with Crippen molar-refractivity contribution < 1.29 is 9.18 Å². The highest BCUT2D eigenvalue weighted by atomic mass is 35.5. The Kier molecular flexibility index (Phi) is 6.00. The van der Waals surface area contributed by atoms with Crippen molar-refractivity contribution >= 4 is 18.3 Å². The van der Waals surface area contributed by atoms with Crippen LogP contribution in [0.15, 0.2) is 18.2 Å². The molecule has 0 radical (unpaired) electrons. The summed E-state index contributed by atoms with van der Waals surface area (Å²) in [6.07, 6.45) is 0. The monoisotopic (exact) mass is 246 g/mol. The summed E-state index contributed by atoms with van der Waals surface area (Å²) in [5.41, 5.74) is 6.69. The lowest BCUT2D eigenvalue weighted by molar-refractivity contribution is -0.122. The van der Waals surface area contributed by atoms with Gasteiger partial charge in [0.2, 0.25) is 5.91 Å². The highest BCUT2D eigenvalue weighted by Gasteiger charge is 2.06. The minimum absolute atomic E-state index is 0. The first-order chi connectivity index (χ1) is 7.00. The molecule has 3 nitrogen and oxygen atoms in total. The van der Waals surface area contributed by atoms with Crippen LogP contribution in [0.3, 0.4) is 0 Å². The van der Waals surface area contributed by atoms with E-state index >= 15 is 0 Å². The van der Waals surface area contributed by atoms with Gasteiger partial charge in [0.05, 0.1) is 6.04 Å². The van der Waals surface area contributed by atoms with Gasteiger partial charge in [0.15, 0.2) is 0 Å². The molecule has 0 heterocycles. The molecule has 90 valence electrons. The van der Waals surface area contributed by atoms with Gasteiger partial charge in [-0.25, -0.2) is 4.39 Å². The van der Waals surface area contributed by atoms with Crippen molar-refractivity contribution in [3.63, 3.8) is 0 Å². The van der Waals surface area contributed by atoms with Gasteiger partial charge in [-0.05, 0) is 31.0 Å². The van der Waals surface area contributed by atoms with Crippen molar-refractivity contribution in [2.75, 3.05) is 0 Å². The van der Waals surface area contributed by atoms with Crippen molar-refractivity contribution in [1.82, 2.24) is 5.32 Å². The summed E-state index contributed by atoms with van der Waals surface area (Å²) in [6, 6.07) is 4.33. The van der Waals surface area contributed by atoms with Crippen molar-refractivity contribution in [3.05, 3.63) is 35.1 Å². The van der Waals surface area contributed by atoms with Crippen molar-refractivity contribution in [2.45, 2.75) is 26.4 Å². The normalized spacial score (nSPS) is 11.5. The second kappa shape index (κ2) is 6.45. The van der Waals surface area contributed by atoms with Crippen molar-refractivity contribution in [1.29, 1.82) is 0 Å². The Balaban J connectivity index is 0.00000225. The largest absolute Gasteiger partial charge is 0.351 e. The van der Waals surface area contributed by atoms with Gasteiger partial charge >= 0.3 is 0 Å². The van der Waals surface area contributed by atoms with Crippen LogP contribution in [0.25, 0.3) is 0 Å². The highest BCUT2D eigenvalue weighted by molar-refractivity contribution is 5.85. The molecule has 0 aliphatic heterocycles. The summed E-state index contributed by atoms with van der Waals surface area (Å²) < 4.78 is 13.1. The molecule has 5 heteroatoms. The first-order valence-corrected chi connectivity index (χ1v) is 4.79. The van der Waals surface area contributed by atoms with E-state index in [0.29, 0.717) is 12.1 Å². The lowest BCUT2D eigenvalue weighted by atomic mass is 10.1. The lowest BCUT2D eigenvalue weighted by Gasteiger charge is -2.08. The minimum atomic E-state index is -0.541. The van der Waals surface area contributed by atoms with Crippen LogP contribution in [-0.4, -0.2) is 11.9 Å². The SMILES string of the molecule is Cc1ccc(CNC(=O)[C@@H](C)N)cc1F.Cl. The molecule has 0 saturated heterocycles. The Morgan fingerprint density at radius 3 is 2.69 bits per heavy atom. The zero-order valence-electron chi connectivity index (χ0n) is 9.29. The minimum Gasteiger partial charge on any atom is -0.351 e. The molecule has 0 aliphatic rings. The average Bonchev–Trinajstić information content (AvgIpc) is 2.19. The van der Waals surface area contributed by atoms with Gasteiger partial charge in [-0.3, -0.25) is 4.79 Å². The summed E-state index contributed by atoms with van der Waals surface area (Å²) in [4.78, 5) is 11.1. The third-order valence-electron chi connectivity index (χ3n) is 2.12.